The van der Waals surface area contributed by atoms with Crippen molar-refractivity contribution in [2.45, 2.75) is 26.7 Å². The Kier molecular flexibility index (Phi) is 1.21. The van der Waals surface area contributed by atoms with Gasteiger partial charge in [0.05, 0.1) is 0 Å². The predicted molar refractivity (Wildman–Crippen MR) is 52.0 cm³/mol. The smallest absolute Gasteiger partial charge is 0.167 e. The number of hydrogen-bond donors (Lipinski definition) is 0. The van der Waals surface area contributed by atoms with Gasteiger partial charge in [-0.15, -0.1) is 0 Å². The Hall–Kier alpha value is -1.44. The second-order valence-corrected chi connectivity index (χ2v) is 4.16. The summed E-state index contributed by atoms with van der Waals surface area (Å²) in [4.78, 5) is 22.8. The Morgan fingerprint density at radius 3 is 1.57 bits per heavy atom. The number of fused-ring (bicyclic) bond motifs is 2. The number of Topliss-reactive ketones (excluding diaryl/α,β-unsaturated/α-hetero) is 2. The topological polar surface area (TPSA) is 34.1 Å². The van der Waals surface area contributed by atoms with Gasteiger partial charge in [0.15, 0.2) is 11.6 Å². The Labute approximate surface area is 81.9 Å². The molecule has 0 saturated heterocycles. The minimum absolute atomic E-state index is 0.197. The van der Waals surface area contributed by atoms with E-state index in [1.807, 2.05) is 13.8 Å². The molecule has 2 aliphatic rings. The highest BCUT2D eigenvalue weighted by atomic mass is 16.1. The standard InChI is InChI=1S/C12H10O2/c1-5-7-3-9(13)11(7)6(2)12-8(5)4-10(12)14/h3-4H2,1-2H3. The molecule has 0 N–H and O–H groups in total. The van der Waals surface area contributed by atoms with Crippen molar-refractivity contribution in [1.29, 1.82) is 0 Å². The van der Waals surface area contributed by atoms with Crippen LogP contribution < -0.4 is 0 Å². The van der Waals surface area contributed by atoms with Crippen LogP contribution >= 0.6 is 0 Å². The van der Waals surface area contributed by atoms with E-state index in [1.54, 1.807) is 0 Å². The lowest BCUT2D eigenvalue weighted by Crippen LogP contribution is -2.31. The van der Waals surface area contributed by atoms with E-state index < -0.39 is 0 Å². The second-order valence-electron chi connectivity index (χ2n) is 4.16. The molecule has 2 aliphatic carbocycles. The van der Waals surface area contributed by atoms with E-state index in [2.05, 4.69) is 0 Å². The molecule has 0 amide bonds. The molecule has 0 atom stereocenters. The summed E-state index contributed by atoms with van der Waals surface area (Å²) in [6.07, 6.45) is 1.15. The Morgan fingerprint density at radius 1 is 0.786 bits per heavy atom. The van der Waals surface area contributed by atoms with Crippen LogP contribution in [0.3, 0.4) is 0 Å². The van der Waals surface area contributed by atoms with Crippen molar-refractivity contribution in [3.63, 3.8) is 0 Å². The van der Waals surface area contributed by atoms with E-state index in [-0.39, 0.29) is 11.6 Å². The van der Waals surface area contributed by atoms with Crippen LogP contribution in [-0.4, -0.2) is 11.6 Å². The fraction of sp³-hybridized carbons (Fsp3) is 0.333. The van der Waals surface area contributed by atoms with Gasteiger partial charge in [0.1, 0.15) is 0 Å². The molecule has 0 aliphatic heterocycles. The van der Waals surface area contributed by atoms with E-state index in [0.717, 1.165) is 16.7 Å². The van der Waals surface area contributed by atoms with Crippen molar-refractivity contribution in [3.8, 4) is 0 Å². The third kappa shape index (κ3) is 0.649. The molecular formula is C12H10O2. The molecule has 70 valence electrons. The first kappa shape index (κ1) is 7.92. The molecule has 3 rings (SSSR count). The predicted octanol–water partition coefficient (Wildman–Crippen LogP) is 1.78. The van der Waals surface area contributed by atoms with Gasteiger partial charge in [-0.25, -0.2) is 0 Å². The van der Waals surface area contributed by atoms with Crippen molar-refractivity contribution >= 4 is 11.6 Å². The van der Waals surface area contributed by atoms with Crippen LogP contribution in [0.2, 0.25) is 0 Å². The average molecular weight is 186 g/mol. The highest BCUT2D eigenvalue weighted by molar-refractivity contribution is 6.15. The maximum Gasteiger partial charge on any atom is 0.167 e. The van der Waals surface area contributed by atoms with E-state index in [4.69, 9.17) is 0 Å². The summed E-state index contributed by atoms with van der Waals surface area (Å²) in [7, 11) is 0. The van der Waals surface area contributed by atoms with E-state index in [9.17, 15) is 9.59 Å². The molecule has 0 fully saturated rings. The van der Waals surface area contributed by atoms with Gasteiger partial charge in [-0.05, 0) is 36.1 Å². The normalized spacial score (nSPS) is 17.0. The molecule has 1 aromatic rings. The van der Waals surface area contributed by atoms with Gasteiger partial charge in [0.25, 0.3) is 0 Å². The van der Waals surface area contributed by atoms with Crippen LogP contribution in [0, 0.1) is 13.8 Å². The van der Waals surface area contributed by atoms with Gasteiger partial charge in [0.2, 0.25) is 0 Å². The van der Waals surface area contributed by atoms with Crippen LogP contribution in [0.25, 0.3) is 0 Å². The summed E-state index contributed by atoms with van der Waals surface area (Å²) in [6.45, 7) is 3.92. The van der Waals surface area contributed by atoms with Crippen LogP contribution in [0.5, 0.6) is 0 Å². The first-order valence-corrected chi connectivity index (χ1v) is 4.82. The third-order valence-electron chi connectivity index (χ3n) is 3.49. The van der Waals surface area contributed by atoms with Gasteiger partial charge < -0.3 is 0 Å². The summed E-state index contributed by atoms with van der Waals surface area (Å²) >= 11 is 0. The zero-order valence-corrected chi connectivity index (χ0v) is 8.23. The Balaban J connectivity index is 2.41. The largest absolute Gasteiger partial charge is 0.294 e. The van der Waals surface area contributed by atoms with Crippen LogP contribution in [0.15, 0.2) is 0 Å². The fourth-order valence-electron chi connectivity index (χ4n) is 2.62. The molecule has 0 saturated carbocycles. The van der Waals surface area contributed by atoms with Crippen molar-refractivity contribution < 1.29 is 9.59 Å². The van der Waals surface area contributed by atoms with E-state index >= 15 is 0 Å². The van der Waals surface area contributed by atoms with E-state index in [1.165, 1.54) is 16.7 Å². The molecular weight excluding hydrogens is 176 g/mol. The summed E-state index contributed by atoms with van der Waals surface area (Å²) in [5.74, 6) is 0.395. The molecule has 0 aromatic heterocycles. The van der Waals surface area contributed by atoms with Crippen molar-refractivity contribution in [3.05, 3.63) is 33.4 Å². The fourth-order valence-corrected chi connectivity index (χ4v) is 2.62. The number of carbonyl (C=O) groups excluding carboxylic acids is 2. The van der Waals surface area contributed by atoms with Gasteiger partial charge in [-0.3, -0.25) is 9.59 Å². The number of ketones is 2. The molecule has 0 radical (unpaired) electrons. The minimum atomic E-state index is 0.197. The van der Waals surface area contributed by atoms with Gasteiger partial charge in [0, 0.05) is 24.0 Å². The van der Waals surface area contributed by atoms with Crippen LogP contribution in [-0.2, 0) is 12.8 Å². The quantitative estimate of drug-likeness (QED) is 0.619. The zero-order chi connectivity index (χ0) is 10.0. The number of hydrogen-bond acceptors (Lipinski definition) is 2. The molecule has 2 heteroatoms. The highest BCUT2D eigenvalue weighted by Gasteiger charge is 2.37. The number of rotatable bonds is 0. The van der Waals surface area contributed by atoms with Gasteiger partial charge in [-0.2, -0.15) is 0 Å². The molecule has 2 nitrogen and oxygen atoms in total. The molecule has 0 spiro atoms. The first-order valence-electron chi connectivity index (χ1n) is 4.82. The number of benzene rings is 1. The molecule has 0 bridgehead atoms. The average Bonchev–Trinajstić information content (AvgIpc) is 2.06. The molecule has 0 unspecified atom stereocenters. The highest BCUT2D eigenvalue weighted by Crippen LogP contribution is 2.39. The lowest BCUT2D eigenvalue weighted by atomic mass is 9.70. The minimum Gasteiger partial charge on any atom is -0.294 e. The zero-order valence-electron chi connectivity index (χ0n) is 8.23. The number of carbonyl (C=O) groups is 2. The van der Waals surface area contributed by atoms with Gasteiger partial charge in [-0.1, -0.05) is 0 Å². The maximum atomic E-state index is 11.4. The Morgan fingerprint density at radius 2 is 1.21 bits per heavy atom. The van der Waals surface area contributed by atoms with Crippen LogP contribution in [0.4, 0.5) is 0 Å². The summed E-state index contributed by atoms with van der Waals surface area (Å²) < 4.78 is 0. The molecule has 0 heterocycles. The monoisotopic (exact) mass is 186 g/mol. The van der Waals surface area contributed by atoms with Crippen molar-refractivity contribution in [1.82, 2.24) is 0 Å². The van der Waals surface area contributed by atoms with Crippen molar-refractivity contribution in [2.75, 3.05) is 0 Å². The summed E-state index contributed by atoms with van der Waals surface area (Å²) in [6, 6.07) is 0. The molecule has 1 aromatic carbocycles. The summed E-state index contributed by atoms with van der Waals surface area (Å²) in [5, 5.41) is 0. The van der Waals surface area contributed by atoms with Crippen molar-refractivity contribution in [2.24, 2.45) is 0 Å². The Bertz CT molecular complexity index is 467. The summed E-state index contributed by atoms with van der Waals surface area (Å²) in [5.41, 5.74) is 6.12. The second kappa shape index (κ2) is 2.14. The van der Waals surface area contributed by atoms with Gasteiger partial charge >= 0.3 is 0 Å². The lowest BCUT2D eigenvalue weighted by Gasteiger charge is -2.31. The van der Waals surface area contributed by atoms with Crippen LogP contribution in [0.1, 0.15) is 43.0 Å². The third-order valence-corrected chi connectivity index (χ3v) is 3.49. The van der Waals surface area contributed by atoms with E-state index in [0.29, 0.717) is 12.8 Å². The first-order chi connectivity index (χ1) is 6.61. The SMILES string of the molecule is Cc1c2c(c(C)c3c1CC3=O)C(=O)C2. The maximum absolute atomic E-state index is 11.4. The molecule has 14 heavy (non-hydrogen) atoms. The lowest BCUT2D eigenvalue weighted by molar-refractivity contribution is 0.0960.